The van der Waals surface area contributed by atoms with Crippen LogP contribution in [-0.2, 0) is 6.42 Å². The van der Waals surface area contributed by atoms with Gasteiger partial charge in [0, 0.05) is 13.0 Å². The molecule has 0 spiro atoms. The number of H-pyrrole nitrogens is 1. The maximum absolute atomic E-state index is 13.8. The van der Waals surface area contributed by atoms with Crippen molar-refractivity contribution in [3.63, 3.8) is 0 Å². The van der Waals surface area contributed by atoms with Gasteiger partial charge < -0.3 is 10.3 Å². The molecule has 9 heteroatoms. The zero-order valence-electron chi connectivity index (χ0n) is 17.6. The topological polar surface area (TPSA) is 101 Å². The molecule has 2 N–H and O–H groups in total. The number of rotatable bonds is 5. The standard InChI is InChI=1S/C23H20FN7O/c1-13-6-3-4-9-16(13)31-17(28-15-8-5-7-14(2)18(15)22(31)32)10-11-25-20-19-21(27-12-26-19)30-23(24)29-20/h3-9,12H,10-11H2,1-2H3,(H2,25,26,27,29,30). The largest absolute Gasteiger partial charge is 0.368 e. The van der Waals surface area contributed by atoms with Crippen LogP contribution >= 0.6 is 0 Å². The Morgan fingerprint density at radius 3 is 2.69 bits per heavy atom. The van der Waals surface area contributed by atoms with Crippen molar-refractivity contribution in [1.29, 1.82) is 0 Å². The Kier molecular flexibility index (Phi) is 4.85. The van der Waals surface area contributed by atoms with Gasteiger partial charge in [0.1, 0.15) is 11.3 Å². The van der Waals surface area contributed by atoms with E-state index in [0.29, 0.717) is 40.9 Å². The second-order valence-corrected chi connectivity index (χ2v) is 7.54. The Labute approximate surface area is 182 Å². The highest BCUT2D eigenvalue weighted by molar-refractivity contribution is 5.82. The first-order valence-electron chi connectivity index (χ1n) is 10.2. The molecule has 3 aromatic heterocycles. The average Bonchev–Trinajstić information content (AvgIpc) is 3.23. The van der Waals surface area contributed by atoms with Gasteiger partial charge in [0.15, 0.2) is 11.5 Å². The fourth-order valence-corrected chi connectivity index (χ4v) is 3.90. The Balaban J connectivity index is 1.57. The summed E-state index contributed by atoms with van der Waals surface area (Å²) >= 11 is 0. The van der Waals surface area contributed by atoms with Gasteiger partial charge in [0.2, 0.25) is 0 Å². The Hall–Kier alpha value is -4.14. The maximum Gasteiger partial charge on any atom is 0.312 e. The maximum atomic E-state index is 13.8. The summed E-state index contributed by atoms with van der Waals surface area (Å²) in [5, 5.41) is 3.71. The highest BCUT2D eigenvalue weighted by atomic mass is 19.1. The van der Waals surface area contributed by atoms with Crippen molar-refractivity contribution in [2.24, 2.45) is 0 Å². The molecular formula is C23H20FN7O. The van der Waals surface area contributed by atoms with Crippen molar-refractivity contribution < 1.29 is 4.39 Å². The molecule has 8 nitrogen and oxygen atoms in total. The first-order chi connectivity index (χ1) is 15.5. The summed E-state index contributed by atoms with van der Waals surface area (Å²) in [7, 11) is 0. The summed E-state index contributed by atoms with van der Waals surface area (Å²) in [4.78, 5) is 32.8. The van der Waals surface area contributed by atoms with Crippen molar-refractivity contribution in [2.75, 3.05) is 11.9 Å². The molecule has 0 bridgehead atoms. The van der Waals surface area contributed by atoms with E-state index in [-0.39, 0.29) is 11.4 Å². The van der Waals surface area contributed by atoms with Crippen LogP contribution in [0.5, 0.6) is 0 Å². The number of nitrogens with zero attached hydrogens (tertiary/aromatic N) is 5. The van der Waals surface area contributed by atoms with Crippen LogP contribution in [0.4, 0.5) is 10.2 Å². The Morgan fingerprint density at radius 2 is 1.84 bits per heavy atom. The van der Waals surface area contributed by atoms with Crippen LogP contribution in [0, 0.1) is 19.9 Å². The highest BCUT2D eigenvalue weighted by Gasteiger charge is 2.16. The van der Waals surface area contributed by atoms with Gasteiger partial charge in [0.25, 0.3) is 5.56 Å². The number of imidazole rings is 1. The number of anilines is 1. The average molecular weight is 429 g/mol. The van der Waals surface area contributed by atoms with Crippen molar-refractivity contribution in [3.8, 4) is 5.69 Å². The summed E-state index contributed by atoms with van der Waals surface area (Å²) in [6.45, 7) is 4.24. The second-order valence-electron chi connectivity index (χ2n) is 7.54. The van der Waals surface area contributed by atoms with E-state index in [4.69, 9.17) is 4.98 Å². The number of nitrogens with one attached hydrogen (secondary N) is 2. The molecule has 0 aliphatic heterocycles. The van der Waals surface area contributed by atoms with Gasteiger partial charge in [-0.3, -0.25) is 9.36 Å². The van der Waals surface area contributed by atoms with E-state index in [2.05, 4.69) is 25.3 Å². The smallest absolute Gasteiger partial charge is 0.312 e. The fraction of sp³-hybridized carbons (Fsp3) is 0.174. The van der Waals surface area contributed by atoms with Gasteiger partial charge in [-0.15, -0.1) is 0 Å². The van der Waals surface area contributed by atoms with E-state index in [1.807, 2.05) is 56.3 Å². The van der Waals surface area contributed by atoms with Crippen LogP contribution in [0.1, 0.15) is 17.0 Å². The molecule has 0 amide bonds. The van der Waals surface area contributed by atoms with Crippen LogP contribution < -0.4 is 10.9 Å². The first-order valence-corrected chi connectivity index (χ1v) is 10.2. The number of para-hydroxylation sites is 1. The summed E-state index contributed by atoms with van der Waals surface area (Å²) in [6, 6.07) is 13.3. The molecule has 0 atom stereocenters. The predicted octanol–water partition coefficient (Wildman–Crippen LogP) is 3.46. The van der Waals surface area contributed by atoms with Gasteiger partial charge in [-0.1, -0.05) is 30.3 Å². The summed E-state index contributed by atoms with van der Waals surface area (Å²) < 4.78 is 15.4. The number of hydrogen-bond acceptors (Lipinski definition) is 6. The quantitative estimate of drug-likeness (QED) is 0.415. The monoisotopic (exact) mass is 429 g/mol. The van der Waals surface area contributed by atoms with Crippen LogP contribution in [0.2, 0.25) is 0 Å². The molecule has 5 rings (SSSR count). The van der Waals surface area contributed by atoms with Crippen molar-refractivity contribution in [1.82, 2.24) is 29.5 Å². The minimum atomic E-state index is -0.847. The van der Waals surface area contributed by atoms with Gasteiger partial charge in [-0.05, 0) is 37.1 Å². The third kappa shape index (κ3) is 3.37. The molecule has 0 aliphatic rings. The molecule has 0 radical (unpaired) electrons. The van der Waals surface area contributed by atoms with E-state index < -0.39 is 6.08 Å². The minimum Gasteiger partial charge on any atom is -0.368 e. The SMILES string of the molecule is Cc1ccccc1-n1c(CCNc2nc(F)nc3[nH]cnc23)nc2cccc(C)c2c1=O. The lowest BCUT2D eigenvalue weighted by molar-refractivity contribution is 0.545. The zero-order chi connectivity index (χ0) is 22.2. The van der Waals surface area contributed by atoms with Crippen LogP contribution in [0.15, 0.2) is 53.6 Å². The first kappa shape index (κ1) is 19.8. The number of aromatic amines is 1. The number of aromatic nitrogens is 6. The minimum absolute atomic E-state index is 0.111. The van der Waals surface area contributed by atoms with E-state index in [9.17, 15) is 9.18 Å². The van der Waals surface area contributed by atoms with Gasteiger partial charge >= 0.3 is 6.08 Å². The number of aryl methyl sites for hydroxylation is 2. The molecule has 32 heavy (non-hydrogen) atoms. The number of halogens is 1. The van der Waals surface area contributed by atoms with Crippen molar-refractivity contribution in [2.45, 2.75) is 20.3 Å². The highest BCUT2D eigenvalue weighted by Crippen LogP contribution is 2.20. The Morgan fingerprint density at radius 1 is 1.03 bits per heavy atom. The molecular weight excluding hydrogens is 409 g/mol. The lowest BCUT2D eigenvalue weighted by Gasteiger charge is -2.16. The Bertz CT molecular complexity index is 1520. The molecule has 0 saturated heterocycles. The molecule has 2 aromatic carbocycles. The van der Waals surface area contributed by atoms with Gasteiger partial charge in [0.05, 0.1) is 22.9 Å². The molecule has 3 heterocycles. The summed E-state index contributed by atoms with van der Waals surface area (Å²) in [6.07, 6.45) is 0.998. The molecule has 5 aromatic rings. The molecule has 0 fully saturated rings. The second kappa shape index (κ2) is 7.84. The number of hydrogen-bond donors (Lipinski definition) is 2. The normalized spacial score (nSPS) is 11.3. The van der Waals surface area contributed by atoms with Crippen LogP contribution in [0.25, 0.3) is 27.8 Å². The van der Waals surface area contributed by atoms with E-state index >= 15 is 0 Å². The van der Waals surface area contributed by atoms with Gasteiger partial charge in [-0.2, -0.15) is 14.4 Å². The number of fused-ring (bicyclic) bond motifs is 2. The lowest BCUT2D eigenvalue weighted by atomic mass is 10.1. The van der Waals surface area contributed by atoms with Crippen molar-refractivity contribution >= 4 is 27.9 Å². The molecule has 0 saturated carbocycles. The third-order valence-corrected chi connectivity index (χ3v) is 5.42. The van der Waals surface area contributed by atoms with E-state index in [1.54, 1.807) is 4.57 Å². The van der Waals surface area contributed by atoms with Crippen LogP contribution in [0.3, 0.4) is 0 Å². The zero-order valence-corrected chi connectivity index (χ0v) is 17.6. The molecule has 0 aliphatic carbocycles. The van der Waals surface area contributed by atoms with Crippen molar-refractivity contribution in [3.05, 3.63) is 82.2 Å². The fourth-order valence-electron chi connectivity index (χ4n) is 3.90. The predicted molar refractivity (Wildman–Crippen MR) is 121 cm³/mol. The molecule has 160 valence electrons. The van der Waals surface area contributed by atoms with E-state index in [0.717, 1.165) is 16.8 Å². The summed E-state index contributed by atoms with van der Waals surface area (Å²) in [5.74, 6) is 0.887. The lowest BCUT2D eigenvalue weighted by Crippen LogP contribution is -2.26. The van der Waals surface area contributed by atoms with E-state index in [1.165, 1.54) is 6.33 Å². The summed E-state index contributed by atoms with van der Waals surface area (Å²) in [5.41, 5.74) is 3.94. The van der Waals surface area contributed by atoms with Crippen LogP contribution in [-0.4, -0.2) is 36.0 Å². The third-order valence-electron chi connectivity index (χ3n) is 5.42. The number of benzene rings is 2. The molecule has 0 unspecified atom stereocenters. The van der Waals surface area contributed by atoms with Gasteiger partial charge in [-0.25, -0.2) is 9.97 Å².